The van der Waals surface area contributed by atoms with Crippen molar-refractivity contribution in [3.8, 4) is 0 Å². The van der Waals surface area contributed by atoms with Crippen molar-refractivity contribution in [3.05, 3.63) is 66.2 Å². The number of anilines is 1. The zero-order valence-corrected chi connectivity index (χ0v) is 12.2. The van der Waals surface area contributed by atoms with E-state index in [2.05, 4.69) is 74.3 Å². The van der Waals surface area contributed by atoms with Crippen LogP contribution in [0.2, 0.25) is 0 Å². The highest BCUT2D eigenvalue weighted by Gasteiger charge is 2.42. The van der Waals surface area contributed by atoms with Crippen molar-refractivity contribution in [2.45, 2.75) is 26.3 Å². The molecule has 0 fully saturated rings. The van der Waals surface area contributed by atoms with Crippen molar-refractivity contribution in [2.24, 2.45) is 11.0 Å². The molecular formula is C18H20N2. The Labute approximate surface area is 120 Å². The Morgan fingerprint density at radius 3 is 2.05 bits per heavy atom. The Hall–Kier alpha value is -2.09. The van der Waals surface area contributed by atoms with Crippen molar-refractivity contribution >= 4 is 11.4 Å². The van der Waals surface area contributed by atoms with Gasteiger partial charge in [0.15, 0.2) is 0 Å². The van der Waals surface area contributed by atoms with Gasteiger partial charge in [-0.3, -0.25) is 5.01 Å². The molecule has 102 valence electrons. The van der Waals surface area contributed by atoms with Crippen LogP contribution in [-0.4, -0.2) is 11.3 Å². The molecule has 0 N–H and O–H groups in total. The number of hydrazone groups is 1. The molecule has 3 rings (SSSR count). The minimum atomic E-state index is -0.0213. The lowest BCUT2D eigenvalue weighted by molar-refractivity contribution is 0.425. The minimum absolute atomic E-state index is 0.0213. The van der Waals surface area contributed by atoms with Crippen LogP contribution in [0.15, 0.2) is 65.8 Å². The van der Waals surface area contributed by atoms with Gasteiger partial charge in [-0.2, -0.15) is 5.10 Å². The molecule has 1 atom stereocenters. The van der Waals surface area contributed by atoms with E-state index in [0.717, 1.165) is 5.69 Å². The van der Waals surface area contributed by atoms with Gasteiger partial charge >= 0.3 is 0 Å². The molecule has 0 saturated heterocycles. The maximum Gasteiger partial charge on any atom is 0.0734 e. The topological polar surface area (TPSA) is 15.6 Å². The second kappa shape index (κ2) is 4.78. The van der Waals surface area contributed by atoms with E-state index in [9.17, 15) is 0 Å². The number of benzene rings is 2. The Morgan fingerprint density at radius 2 is 1.45 bits per heavy atom. The largest absolute Gasteiger partial charge is 0.259 e. The lowest BCUT2D eigenvalue weighted by Crippen LogP contribution is -2.42. The quantitative estimate of drug-likeness (QED) is 0.788. The van der Waals surface area contributed by atoms with Gasteiger partial charge in [0.05, 0.1) is 16.9 Å². The summed E-state index contributed by atoms with van der Waals surface area (Å²) in [7, 11) is 0. The Bertz CT molecular complexity index is 614. The van der Waals surface area contributed by atoms with E-state index in [-0.39, 0.29) is 5.54 Å². The van der Waals surface area contributed by atoms with Crippen LogP contribution >= 0.6 is 0 Å². The van der Waals surface area contributed by atoms with E-state index in [1.807, 2.05) is 12.1 Å². The maximum absolute atomic E-state index is 4.91. The second-order valence-electron chi connectivity index (χ2n) is 5.87. The van der Waals surface area contributed by atoms with Crippen molar-refractivity contribution in [3.63, 3.8) is 0 Å². The Balaban J connectivity index is 2.05. The van der Waals surface area contributed by atoms with E-state index in [0.29, 0.717) is 5.92 Å². The number of para-hydroxylation sites is 1. The number of hydrogen-bond donors (Lipinski definition) is 0. The SMILES string of the molecule is CC1C(c2ccccc2)=NN(c2ccccc2)C1(C)C. The molecule has 2 nitrogen and oxygen atoms in total. The minimum Gasteiger partial charge on any atom is -0.259 e. The maximum atomic E-state index is 4.91. The number of rotatable bonds is 2. The molecule has 0 radical (unpaired) electrons. The van der Waals surface area contributed by atoms with Gasteiger partial charge in [0.25, 0.3) is 0 Å². The predicted molar refractivity (Wildman–Crippen MR) is 85.1 cm³/mol. The Kier molecular flexibility index (Phi) is 3.09. The van der Waals surface area contributed by atoms with Crippen LogP contribution in [0.1, 0.15) is 26.3 Å². The summed E-state index contributed by atoms with van der Waals surface area (Å²) in [6, 6.07) is 20.9. The van der Waals surface area contributed by atoms with E-state index < -0.39 is 0 Å². The third kappa shape index (κ3) is 2.01. The van der Waals surface area contributed by atoms with Gasteiger partial charge in [-0.15, -0.1) is 0 Å². The smallest absolute Gasteiger partial charge is 0.0734 e. The van der Waals surface area contributed by atoms with Gasteiger partial charge in [-0.1, -0.05) is 55.5 Å². The van der Waals surface area contributed by atoms with Gasteiger partial charge in [0.1, 0.15) is 0 Å². The molecule has 2 aromatic carbocycles. The predicted octanol–water partition coefficient (Wildman–Crippen LogP) is 4.33. The van der Waals surface area contributed by atoms with Crippen LogP contribution in [-0.2, 0) is 0 Å². The molecule has 0 aromatic heterocycles. The van der Waals surface area contributed by atoms with Crippen molar-refractivity contribution < 1.29 is 0 Å². The van der Waals surface area contributed by atoms with Crippen LogP contribution in [0.5, 0.6) is 0 Å². The molecule has 2 heteroatoms. The molecule has 1 aliphatic heterocycles. The lowest BCUT2D eigenvalue weighted by Gasteiger charge is -2.34. The molecule has 1 aliphatic rings. The summed E-state index contributed by atoms with van der Waals surface area (Å²) in [4.78, 5) is 0. The fourth-order valence-corrected chi connectivity index (χ4v) is 2.72. The third-order valence-corrected chi connectivity index (χ3v) is 4.29. The van der Waals surface area contributed by atoms with Gasteiger partial charge in [-0.25, -0.2) is 0 Å². The molecule has 0 aliphatic carbocycles. The highest BCUT2D eigenvalue weighted by molar-refractivity contribution is 6.05. The van der Waals surface area contributed by atoms with Crippen LogP contribution in [0.4, 0.5) is 5.69 Å². The highest BCUT2D eigenvalue weighted by atomic mass is 15.5. The molecule has 1 unspecified atom stereocenters. The summed E-state index contributed by atoms with van der Waals surface area (Å²) in [6.07, 6.45) is 0. The molecule has 2 aromatic rings. The van der Waals surface area contributed by atoms with Crippen molar-refractivity contribution in [1.29, 1.82) is 0 Å². The average molecular weight is 264 g/mol. The second-order valence-corrected chi connectivity index (χ2v) is 5.87. The monoisotopic (exact) mass is 264 g/mol. The zero-order chi connectivity index (χ0) is 14.2. The van der Waals surface area contributed by atoms with E-state index in [1.165, 1.54) is 11.3 Å². The van der Waals surface area contributed by atoms with E-state index >= 15 is 0 Å². The highest BCUT2D eigenvalue weighted by Crippen LogP contribution is 2.38. The Morgan fingerprint density at radius 1 is 0.900 bits per heavy atom. The summed E-state index contributed by atoms with van der Waals surface area (Å²) >= 11 is 0. The zero-order valence-electron chi connectivity index (χ0n) is 12.2. The molecule has 0 bridgehead atoms. The molecule has 20 heavy (non-hydrogen) atoms. The van der Waals surface area contributed by atoms with Gasteiger partial charge in [0, 0.05) is 5.92 Å². The van der Waals surface area contributed by atoms with Crippen LogP contribution in [0.3, 0.4) is 0 Å². The summed E-state index contributed by atoms with van der Waals surface area (Å²) in [5, 5.41) is 7.07. The summed E-state index contributed by atoms with van der Waals surface area (Å²) in [5.74, 6) is 0.380. The summed E-state index contributed by atoms with van der Waals surface area (Å²) in [5.41, 5.74) is 3.51. The number of hydrogen-bond acceptors (Lipinski definition) is 2. The van der Waals surface area contributed by atoms with E-state index in [1.54, 1.807) is 0 Å². The first-order valence-corrected chi connectivity index (χ1v) is 7.10. The molecule has 0 saturated carbocycles. The van der Waals surface area contributed by atoms with Crippen LogP contribution in [0.25, 0.3) is 0 Å². The molecule has 0 amide bonds. The lowest BCUT2D eigenvalue weighted by atomic mass is 9.83. The first-order chi connectivity index (χ1) is 9.60. The molecular weight excluding hydrogens is 244 g/mol. The first kappa shape index (κ1) is 12.9. The standard InChI is InChI=1S/C18H20N2/c1-14-17(15-10-6-4-7-11-15)19-20(18(14,2)3)16-12-8-5-9-13-16/h4-14H,1-3H3. The van der Waals surface area contributed by atoms with E-state index in [4.69, 9.17) is 5.10 Å². The average Bonchev–Trinajstić information content (AvgIpc) is 2.72. The van der Waals surface area contributed by atoms with Gasteiger partial charge < -0.3 is 0 Å². The first-order valence-electron chi connectivity index (χ1n) is 7.10. The fourth-order valence-electron chi connectivity index (χ4n) is 2.72. The summed E-state index contributed by atoms with van der Waals surface area (Å²) < 4.78 is 0. The van der Waals surface area contributed by atoms with Gasteiger partial charge in [-0.05, 0) is 31.5 Å². The molecule has 1 heterocycles. The van der Waals surface area contributed by atoms with Crippen molar-refractivity contribution in [2.75, 3.05) is 5.01 Å². The van der Waals surface area contributed by atoms with Crippen LogP contribution < -0.4 is 5.01 Å². The number of nitrogens with zero attached hydrogens (tertiary/aromatic N) is 2. The van der Waals surface area contributed by atoms with Crippen LogP contribution in [0, 0.1) is 5.92 Å². The summed E-state index contributed by atoms with van der Waals surface area (Å²) in [6.45, 7) is 6.77. The molecule has 0 spiro atoms. The normalized spacial score (nSPS) is 20.9. The third-order valence-electron chi connectivity index (χ3n) is 4.29. The van der Waals surface area contributed by atoms with Gasteiger partial charge in [0.2, 0.25) is 0 Å². The fraction of sp³-hybridized carbons (Fsp3) is 0.278. The van der Waals surface area contributed by atoms with Crippen molar-refractivity contribution in [1.82, 2.24) is 0 Å².